The fraction of sp³-hybridized carbons (Fsp3) is 0.500. The van der Waals surface area contributed by atoms with Crippen molar-refractivity contribution in [2.75, 3.05) is 11.5 Å². The summed E-state index contributed by atoms with van der Waals surface area (Å²) >= 11 is 0. The second-order valence-corrected chi connectivity index (χ2v) is 6.40. The largest absolute Gasteiger partial charge is 0.368 e. The second kappa shape index (κ2) is 6.68. The number of nitrogen functional groups attached to an aromatic ring is 2. The Balaban J connectivity index is 2.42. The third-order valence-electron chi connectivity index (χ3n) is 3.09. The van der Waals surface area contributed by atoms with E-state index in [4.69, 9.17) is 11.5 Å². The van der Waals surface area contributed by atoms with Crippen molar-refractivity contribution in [2.45, 2.75) is 40.5 Å². The molecule has 118 valence electrons. The topological polar surface area (TPSA) is 104 Å². The molecule has 0 aliphatic rings. The van der Waals surface area contributed by atoms with Gasteiger partial charge in [-0.25, -0.2) is 19.9 Å². The van der Waals surface area contributed by atoms with E-state index in [0.29, 0.717) is 23.2 Å². The van der Waals surface area contributed by atoms with Crippen LogP contribution in [0.1, 0.15) is 39.1 Å². The summed E-state index contributed by atoms with van der Waals surface area (Å²) in [6.45, 7) is 8.56. The van der Waals surface area contributed by atoms with Crippen molar-refractivity contribution in [3.63, 3.8) is 0 Å². The molecule has 2 aromatic rings. The first kappa shape index (κ1) is 16.1. The van der Waals surface area contributed by atoms with Gasteiger partial charge in [0, 0.05) is 11.4 Å². The van der Waals surface area contributed by atoms with Crippen LogP contribution >= 0.6 is 0 Å². The van der Waals surface area contributed by atoms with Gasteiger partial charge in [0.1, 0.15) is 0 Å². The highest BCUT2D eigenvalue weighted by Crippen LogP contribution is 2.20. The minimum atomic E-state index is 0.260. The predicted octanol–water partition coefficient (Wildman–Crippen LogP) is 2.49. The summed E-state index contributed by atoms with van der Waals surface area (Å²) in [5.41, 5.74) is 14.9. The summed E-state index contributed by atoms with van der Waals surface area (Å²) in [6.07, 6.45) is 1.69. The zero-order valence-electron chi connectivity index (χ0n) is 13.7. The molecular formula is C16H24N6. The van der Waals surface area contributed by atoms with Gasteiger partial charge in [0.15, 0.2) is 0 Å². The average molecular weight is 300 g/mol. The van der Waals surface area contributed by atoms with E-state index in [2.05, 4.69) is 47.6 Å². The van der Waals surface area contributed by atoms with Crippen molar-refractivity contribution in [1.29, 1.82) is 0 Å². The molecule has 0 fully saturated rings. The molecule has 6 heteroatoms. The zero-order chi connectivity index (χ0) is 16.3. The molecule has 0 amide bonds. The Morgan fingerprint density at radius 2 is 1.09 bits per heavy atom. The highest BCUT2D eigenvalue weighted by atomic mass is 15.0. The fourth-order valence-electron chi connectivity index (χ4n) is 2.34. The molecule has 0 bridgehead atoms. The van der Waals surface area contributed by atoms with Gasteiger partial charge in [-0.15, -0.1) is 0 Å². The molecule has 0 radical (unpaired) electrons. The van der Waals surface area contributed by atoms with Crippen LogP contribution in [0.3, 0.4) is 0 Å². The molecule has 0 atom stereocenters. The number of hydrogen-bond acceptors (Lipinski definition) is 6. The summed E-state index contributed by atoms with van der Waals surface area (Å²) in [7, 11) is 0. The SMILES string of the molecule is CC(C)Cc1cc(-c2cc(CC(C)C)nc(N)n2)nc(N)n1. The lowest BCUT2D eigenvalue weighted by Crippen LogP contribution is -2.07. The van der Waals surface area contributed by atoms with Gasteiger partial charge in [-0.3, -0.25) is 0 Å². The lowest BCUT2D eigenvalue weighted by molar-refractivity contribution is 0.633. The first-order valence-corrected chi connectivity index (χ1v) is 7.60. The van der Waals surface area contributed by atoms with Crippen molar-refractivity contribution in [3.8, 4) is 11.4 Å². The summed E-state index contributed by atoms with van der Waals surface area (Å²) in [5, 5.41) is 0. The quantitative estimate of drug-likeness (QED) is 0.879. The van der Waals surface area contributed by atoms with E-state index in [1.165, 1.54) is 0 Å². The molecule has 0 saturated carbocycles. The van der Waals surface area contributed by atoms with Gasteiger partial charge in [-0.05, 0) is 36.8 Å². The van der Waals surface area contributed by atoms with Crippen LogP contribution in [0, 0.1) is 11.8 Å². The van der Waals surface area contributed by atoms with E-state index < -0.39 is 0 Å². The molecule has 4 N–H and O–H groups in total. The molecule has 2 aromatic heterocycles. The number of hydrogen-bond donors (Lipinski definition) is 2. The Hall–Kier alpha value is -2.24. The van der Waals surface area contributed by atoms with E-state index in [1.54, 1.807) is 0 Å². The van der Waals surface area contributed by atoms with Crippen LogP contribution in [0.15, 0.2) is 12.1 Å². The minimum absolute atomic E-state index is 0.260. The maximum atomic E-state index is 5.83. The molecule has 2 rings (SSSR count). The molecule has 0 aliphatic carbocycles. The molecule has 0 aromatic carbocycles. The van der Waals surface area contributed by atoms with Gasteiger partial charge < -0.3 is 11.5 Å². The van der Waals surface area contributed by atoms with E-state index in [-0.39, 0.29) is 11.9 Å². The Bertz CT molecular complexity index is 594. The molecule has 0 spiro atoms. The fourth-order valence-corrected chi connectivity index (χ4v) is 2.34. The minimum Gasteiger partial charge on any atom is -0.368 e. The monoisotopic (exact) mass is 300 g/mol. The highest BCUT2D eigenvalue weighted by molar-refractivity contribution is 5.57. The smallest absolute Gasteiger partial charge is 0.220 e. The molecule has 6 nitrogen and oxygen atoms in total. The van der Waals surface area contributed by atoms with Crippen LogP contribution in [0.4, 0.5) is 11.9 Å². The number of nitrogens with two attached hydrogens (primary N) is 2. The maximum absolute atomic E-state index is 5.83. The van der Waals surface area contributed by atoms with Crippen molar-refractivity contribution in [1.82, 2.24) is 19.9 Å². The molecule has 22 heavy (non-hydrogen) atoms. The molecule has 0 unspecified atom stereocenters. The Labute approximate surface area is 131 Å². The van der Waals surface area contributed by atoms with Crippen molar-refractivity contribution < 1.29 is 0 Å². The van der Waals surface area contributed by atoms with E-state index >= 15 is 0 Å². The molecular weight excluding hydrogens is 276 g/mol. The van der Waals surface area contributed by atoms with Crippen LogP contribution < -0.4 is 11.5 Å². The number of nitrogens with zero attached hydrogens (tertiary/aromatic N) is 4. The third-order valence-corrected chi connectivity index (χ3v) is 3.09. The predicted molar refractivity (Wildman–Crippen MR) is 89.0 cm³/mol. The van der Waals surface area contributed by atoms with Crippen LogP contribution in [0.2, 0.25) is 0 Å². The standard InChI is InChI=1S/C16H24N6/c1-9(2)5-11-7-13(21-15(17)19-11)14-8-12(6-10(3)4)20-16(18)22-14/h7-10H,5-6H2,1-4H3,(H2,17,19,21)(H2,18,20,22). The van der Waals surface area contributed by atoms with Gasteiger partial charge in [-0.1, -0.05) is 27.7 Å². The Morgan fingerprint density at radius 3 is 1.41 bits per heavy atom. The van der Waals surface area contributed by atoms with Crippen LogP contribution in [-0.4, -0.2) is 19.9 Å². The van der Waals surface area contributed by atoms with Crippen LogP contribution in [0.5, 0.6) is 0 Å². The van der Waals surface area contributed by atoms with Gasteiger partial charge in [0.05, 0.1) is 11.4 Å². The Morgan fingerprint density at radius 1 is 0.727 bits per heavy atom. The first-order valence-electron chi connectivity index (χ1n) is 7.60. The van der Waals surface area contributed by atoms with Gasteiger partial charge in [0.2, 0.25) is 11.9 Å². The van der Waals surface area contributed by atoms with Crippen LogP contribution in [0.25, 0.3) is 11.4 Å². The summed E-state index contributed by atoms with van der Waals surface area (Å²) in [5.74, 6) is 1.51. The molecule has 0 saturated heterocycles. The summed E-state index contributed by atoms with van der Waals surface area (Å²) in [4.78, 5) is 17.2. The highest BCUT2D eigenvalue weighted by Gasteiger charge is 2.11. The lowest BCUT2D eigenvalue weighted by Gasteiger charge is -2.10. The number of aromatic nitrogens is 4. The molecule has 2 heterocycles. The average Bonchev–Trinajstić information content (AvgIpc) is 2.35. The third kappa shape index (κ3) is 4.38. The number of anilines is 2. The van der Waals surface area contributed by atoms with Crippen LogP contribution in [-0.2, 0) is 12.8 Å². The van der Waals surface area contributed by atoms with E-state index in [1.807, 2.05) is 12.1 Å². The van der Waals surface area contributed by atoms with Crippen molar-refractivity contribution in [2.24, 2.45) is 11.8 Å². The zero-order valence-corrected chi connectivity index (χ0v) is 13.7. The Kier molecular flexibility index (Phi) is 4.90. The second-order valence-electron chi connectivity index (χ2n) is 6.40. The van der Waals surface area contributed by atoms with Crippen molar-refractivity contribution in [3.05, 3.63) is 23.5 Å². The maximum Gasteiger partial charge on any atom is 0.220 e. The lowest BCUT2D eigenvalue weighted by atomic mass is 10.1. The normalized spacial score (nSPS) is 11.4. The number of rotatable bonds is 5. The summed E-state index contributed by atoms with van der Waals surface area (Å²) in [6, 6.07) is 3.86. The van der Waals surface area contributed by atoms with E-state index in [0.717, 1.165) is 24.2 Å². The van der Waals surface area contributed by atoms with Gasteiger partial charge in [-0.2, -0.15) is 0 Å². The van der Waals surface area contributed by atoms with E-state index in [9.17, 15) is 0 Å². The van der Waals surface area contributed by atoms with Crippen molar-refractivity contribution >= 4 is 11.9 Å². The summed E-state index contributed by atoms with van der Waals surface area (Å²) < 4.78 is 0. The first-order chi connectivity index (χ1) is 10.3. The van der Waals surface area contributed by atoms with Gasteiger partial charge >= 0.3 is 0 Å². The molecule has 0 aliphatic heterocycles. The van der Waals surface area contributed by atoms with Gasteiger partial charge in [0.25, 0.3) is 0 Å².